The molecule has 2 heterocycles. The summed E-state index contributed by atoms with van der Waals surface area (Å²) in [5.41, 5.74) is 1.62. The lowest BCUT2D eigenvalue weighted by Crippen LogP contribution is -2.13. The van der Waals surface area contributed by atoms with Crippen LogP contribution in [0.25, 0.3) is 11.8 Å². The maximum Gasteiger partial charge on any atom is 0.341 e. The number of aliphatic carboxylic acids is 2. The Morgan fingerprint density at radius 3 is 2.63 bits per heavy atom. The SMILES string of the molecule is CCCCc1ncc(/C=C(\Cc2cc3c(cc2Cl)OCO3)C(=O)O)n1-c1ccc(OC)cc1OCC(=O)O. The first-order valence-corrected chi connectivity index (χ1v) is 12.3. The second kappa shape index (κ2) is 11.9. The Morgan fingerprint density at radius 1 is 1.18 bits per heavy atom. The smallest absolute Gasteiger partial charge is 0.341 e. The molecule has 0 amide bonds. The molecule has 3 aromatic rings. The molecule has 1 aromatic heterocycles. The number of halogens is 1. The number of hydrogen-bond donors (Lipinski definition) is 2. The summed E-state index contributed by atoms with van der Waals surface area (Å²) in [5.74, 6) is 0.154. The quantitative estimate of drug-likeness (QED) is 0.310. The van der Waals surface area contributed by atoms with Gasteiger partial charge in [-0.15, -0.1) is 0 Å². The fourth-order valence-electron chi connectivity index (χ4n) is 4.02. The van der Waals surface area contributed by atoms with Gasteiger partial charge < -0.3 is 29.2 Å². The van der Waals surface area contributed by atoms with Crippen LogP contribution in [0.3, 0.4) is 0 Å². The number of hydrogen-bond acceptors (Lipinski definition) is 7. The fraction of sp³-hybridized carbons (Fsp3) is 0.296. The van der Waals surface area contributed by atoms with Crippen molar-refractivity contribution in [3.63, 3.8) is 0 Å². The number of aryl methyl sites for hydroxylation is 1. The number of ether oxygens (including phenoxy) is 4. The Hall–Kier alpha value is -4.18. The van der Waals surface area contributed by atoms with E-state index in [1.54, 1.807) is 41.1 Å². The third-order valence-electron chi connectivity index (χ3n) is 5.89. The van der Waals surface area contributed by atoms with E-state index in [-0.39, 0.29) is 24.5 Å². The Kier molecular flexibility index (Phi) is 8.42. The highest BCUT2D eigenvalue weighted by Crippen LogP contribution is 2.38. The van der Waals surface area contributed by atoms with Crippen molar-refractivity contribution >= 4 is 29.6 Å². The van der Waals surface area contributed by atoms with Gasteiger partial charge in [-0.25, -0.2) is 14.6 Å². The van der Waals surface area contributed by atoms with Crippen LogP contribution in [0.5, 0.6) is 23.0 Å². The second-order valence-electron chi connectivity index (χ2n) is 8.50. The summed E-state index contributed by atoms with van der Waals surface area (Å²) in [5, 5.41) is 19.6. The van der Waals surface area contributed by atoms with Crippen LogP contribution in [0.15, 0.2) is 42.1 Å². The monoisotopic (exact) mass is 542 g/mol. The second-order valence-corrected chi connectivity index (χ2v) is 8.91. The van der Waals surface area contributed by atoms with Crippen molar-refractivity contribution in [2.24, 2.45) is 0 Å². The first-order chi connectivity index (χ1) is 18.3. The van der Waals surface area contributed by atoms with Crippen molar-refractivity contribution in [3.05, 3.63) is 64.2 Å². The number of methoxy groups -OCH3 is 1. The standard InChI is InChI=1S/C27H27ClN2O8/c1-3-4-5-25-29-13-18(30(25)21-7-6-19(35-2)11-22(21)36-14-26(31)32)9-17(27(33)34)8-16-10-23-24(12-20(16)28)38-15-37-23/h6-7,9-13H,3-5,8,14-15H2,1-2H3,(H,31,32)(H,33,34)/b17-9+. The van der Waals surface area contributed by atoms with E-state index in [1.165, 1.54) is 13.2 Å². The number of unbranched alkanes of at least 4 members (excludes halogenated alkanes) is 1. The van der Waals surface area contributed by atoms with Crippen LogP contribution in [0, 0.1) is 0 Å². The highest BCUT2D eigenvalue weighted by Gasteiger charge is 2.21. The van der Waals surface area contributed by atoms with Gasteiger partial charge >= 0.3 is 11.9 Å². The van der Waals surface area contributed by atoms with Crippen LogP contribution in [0.2, 0.25) is 5.02 Å². The van der Waals surface area contributed by atoms with Crippen LogP contribution < -0.4 is 18.9 Å². The number of imidazole rings is 1. The molecule has 0 bridgehead atoms. The largest absolute Gasteiger partial charge is 0.497 e. The van der Waals surface area contributed by atoms with Crippen molar-refractivity contribution in [1.82, 2.24) is 9.55 Å². The number of nitrogens with zero attached hydrogens (tertiary/aromatic N) is 2. The van der Waals surface area contributed by atoms with Crippen LogP contribution in [0.1, 0.15) is 36.8 Å². The molecule has 2 aromatic carbocycles. The average molecular weight is 543 g/mol. The molecule has 1 aliphatic heterocycles. The highest BCUT2D eigenvalue weighted by atomic mass is 35.5. The van der Waals surface area contributed by atoms with Gasteiger partial charge in [-0.05, 0) is 36.3 Å². The van der Waals surface area contributed by atoms with E-state index in [9.17, 15) is 19.8 Å². The third-order valence-corrected chi connectivity index (χ3v) is 6.25. The van der Waals surface area contributed by atoms with Crippen LogP contribution >= 0.6 is 11.6 Å². The first-order valence-electron chi connectivity index (χ1n) is 11.9. The van der Waals surface area contributed by atoms with Gasteiger partial charge in [0.05, 0.1) is 24.7 Å². The van der Waals surface area contributed by atoms with Gasteiger partial charge in [0, 0.05) is 35.6 Å². The summed E-state index contributed by atoms with van der Waals surface area (Å²) in [6.07, 6.45) is 5.51. The number of rotatable bonds is 12. The van der Waals surface area contributed by atoms with Gasteiger partial charge in [0.15, 0.2) is 18.1 Å². The molecule has 10 nitrogen and oxygen atoms in total. The molecule has 1 aliphatic rings. The molecule has 11 heteroatoms. The summed E-state index contributed by atoms with van der Waals surface area (Å²) < 4.78 is 23.4. The molecule has 4 rings (SSSR count). The van der Waals surface area contributed by atoms with Gasteiger partial charge in [0.1, 0.15) is 17.3 Å². The Morgan fingerprint density at radius 2 is 1.95 bits per heavy atom. The zero-order valence-corrected chi connectivity index (χ0v) is 21.7. The minimum atomic E-state index is -1.13. The number of fused-ring (bicyclic) bond motifs is 1. The molecule has 38 heavy (non-hydrogen) atoms. The molecule has 0 radical (unpaired) electrons. The Bertz CT molecular complexity index is 1380. The lowest BCUT2D eigenvalue weighted by atomic mass is 10.0. The van der Waals surface area contributed by atoms with E-state index in [4.69, 9.17) is 30.5 Å². The minimum absolute atomic E-state index is 0.0191. The molecule has 0 atom stereocenters. The van der Waals surface area contributed by atoms with Crippen LogP contribution in [-0.4, -0.2) is 52.2 Å². The third kappa shape index (κ3) is 6.03. The van der Waals surface area contributed by atoms with Gasteiger partial charge in [-0.2, -0.15) is 0 Å². The summed E-state index contributed by atoms with van der Waals surface area (Å²) >= 11 is 6.41. The van der Waals surface area contributed by atoms with Crippen molar-refractivity contribution in [3.8, 4) is 28.7 Å². The molecule has 0 aliphatic carbocycles. The molecule has 2 N–H and O–H groups in total. The predicted octanol–water partition coefficient (Wildman–Crippen LogP) is 4.78. The lowest BCUT2D eigenvalue weighted by molar-refractivity contribution is -0.139. The molecule has 0 saturated heterocycles. The fourth-order valence-corrected chi connectivity index (χ4v) is 4.24. The van der Waals surface area contributed by atoms with Gasteiger partial charge in [0.2, 0.25) is 6.79 Å². The number of carboxylic acid groups (broad SMARTS) is 2. The van der Waals surface area contributed by atoms with Gasteiger partial charge in [-0.3, -0.25) is 4.57 Å². The molecule has 0 unspecified atom stereocenters. The zero-order chi connectivity index (χ0) is 27.2. The molecule has 200 valence electrons. The number of aromatic nitrogens is 2. The topological polar surface area (TPSA) is 129 Å². The van der Waals surface area contributed by atoms with E-state index in [0.717, 1.165) is 12.8 Å². The van der Waals surface area contributed by atoms with E-state index in [1.807, 2.05) is 0 Å². The lowest BCUT2D eigenvalue weighted by Gasteiger charge is -2.17. The van der Waals surface area contributed by atoms with Gasteiger partial charge in [-0.1, -0.05) is 24.9 Å². The summed E-state index contributed by atoms with van der Waals surface area (Å²) in [7, 11) is 1.49. The van der Waals surface area contributed by atoms with Gasteiger partial charge in [0.25, 0.3) is 0 Å². The van der Waals surface area contributed by atoms with E-state index >= 15 is 0 Å². The highest BCUT2D eigenvalue weighted by molar-refractivity contribution is 6.31. The normalized spacial score (nSPS) is 12.4. The molecule has 0 fully saturated rings. The molecular formula is C27H27ClN2O8. The van der Waals surface area contributed by atoms with Crippen molar-refractivity contribution in [1.29, 1.82) is 0 Å². The Labute approximate surface area is 224 Å². The predicted molar refractivity (Wildman–Crippen MR) is 139 cm³/mol. The first kappa shape index (κ1) is 26.9. The maximum atomic E-state index is 12.3. The zero-order valence-electron chi connectivity index (χ0n) is 20.9. The summed E-state index contributed by atoms with van der Waals surface area (Å²) in [6.45, 7) is 1.57. The maximum absolute atomic E-state index is 12.3. The number of carboxylic acids is 2. The summed E-state index contributed by atoms with van der Waals surface area (Å²) in [4.78, 5) is 28.1. The van der Waals surface area contributed by atoms with Crippen molar-refractivity contribution < 1.29 is 38.7 Å². The molecule has 0 saturated carbocycles. The number of carbonyl (C=O) groups is 2. The summed E-state index contributed by atoms with van der Waals surface area (Å²) in [6, 6.07) is 8.30. The van der Waals surface area contributed by atoms with Crippen LogP contribution in [0.4, 0.5) is 0 Å². The number of benzene rings is 2. The van der Waals surface area contributed by atoms with Crippen LogP contribution in [-0.2, 0) is 22.4 Å². The molecular weight excluding hydrogens is 516 g/mol. The van der Waals surface area contributed by atoms with Crippen molar-refractivity contribution in [2.75, 3.05) is 20.5 Å². The Balaban J connectivity index is 1.80. The van der Waals surface area contributed by atoms with E-state index in [0.29, 0.717) is 51.5 Å². The molecule has 0 spiro atoms. The van der Waals surface area contributed by atoms with E-state index < -0.39 is 18.5 Å². The van der Waals surface area contributed by atoms with Crippen molar-refractivity contribution in [2.45, 2.75) is 32.6 Å². The minimum Gasteiger partial charge on any atom is -0.497 e. The average Bonchev–Trinajstić information content (AvgIpc) is 3.51. The van der Waals surface area contributed by atoms with E-state index in [2.05, 4.69) is 11.9 Å².